The van der Waals surface area contributed by atoms with Crippen LogP contribution in [0.3, 0.4) is 0 Å². The van der Waals surface area contributed by atoms with E-state index in [4.69, 9.17) is 28.9 Å². The largest absolute Gasteiger partial charge is 0.481 e. The lowest BCUT2D eigenvalue weighted by atomic mass is 9.98. The molecule has 0 atom stereocenters. The molecule has 0 aliphatic heterocycles. The Morgan fingerprint density at radius 2 is 1.35 bits per heavy atom. The van der Waals surface area contributed by atoms with Crippen LogP contribution in [-0.2, 0) is 33.4 Å². The van der Waals surface area contributed by atoms with E-state index < -0.39 is 18.0 Å². The summed E-state index contributed by atoms with van der Waals surface area (Å²) in [4.78, 5) is 39.1. The van der Waals surface area contributed by atoms with Gasteiger partial charge in [-0.1, -0.05) is 48.5 Å². The lowest BCUT2D eigenvalue weighted by molar-refractivity contribution is -0.138. The summed E-state index contributed by atoms with van der Waals surface area (Å²) in [5, 5.41) is 11.1. The predicted molar refractivity (Wildman–Crippen MR) is 132 cm³/mol. The molecule has 0 spiro atoms. The molecule has 0 unspecified atom stereocenters. The topological polar surface area (TPSA) is 142 Å². The zero-order valence-electron chi connectivity index (χ0n) is 20.5. The van der Waals surface area contributed by atoms with Gasteiger partial charge in [0.1, 0.15) is 6.61 Å². The Bertz CT molecular complexity index is 985. The van der Waals surface area contributed by atoms with Gasteiger partial charge >= 0.3 is 12.1 Å². The Labute approximate surface area is 214 Å². The highest BCUT2D eigenvalue weighted by atomic mass is 16.7. The second kappa shape index (κ2) is 15.6. The summed E-state index contributed by atoms with van der Waals surface area (Å²) in [6.45, 7) is 1.83. The Kier molecular flexibility index (Phi) is 11.8. The summed E-state index contributed by atoms with van der Waals surface area (Å²) in [6, 6.07) is 16.1. The molecule has 0 aromatic heterocycles. The van der Waals surface area contributed by atoms with Gasteiger partial charge in [-0.2, -0.15) is 5.48 Å². The van der Waals surface area contributed by atoms with Crippen LogP contribution in [0, 0.1) is 0 Å². The molecule has 0 saturated heterocycles. The number of carboxylic acid groups (broad SMARTS) is 1. The number of nitrogens with one attached hydrogen (secondary N) is 2. The molecule has 11 nitrogen and oxygen atoms in total. The van der Waals surface area contributed by atoms with Gasteiger partial charge in [-0.15, -0.1) is 0 Å². The first kappa shape index (κ1) is 28.1. The predicted octanol–water partition coefficient (Wildman–Crippen LogP) is 2.10. The first-order valence-corrected chi connectivity index (χ1v) is 12.0. The van der Waals surface area contributed by atoms with Crippen LogP contribution in [0.2, 0.25) is 0 Å². The summed E-state index contributed by atoms with van der Waals surface area (Å²) in [5.41, 5.74) is 6.60. The number of hydrogen-bond acceptors (Lipinski definition) is 8. The lowest BCUT2D eigenvalue weighted by Gasteiger charge is -2.14. The van der Waals surface area contributed by atoms with Crippen molar-refractivity contribution in [3.05, 3.63) is 59.7 Å². The van der Waals surface area contributed by atoms with Crippen molar-refractivity contribution in [2.45, 2.75) is 12.3 Å². The molecule has 1 aliphatic rings. The summed E-state index contributed by atoms with van der Waals surface area (Å²) in [6.07, 6.45) is -0.809. The maximum atomic E-state index is 12.0. The molecule has 0 saturated carbocycles. The minimum Gasteiger partial charge on any atom is -0.481 e. The molecular weight excluding hydrogens is 484 g/mol. The van der Waals surface area contributed by atoms with Gasteiger partial charge in [0.05, 0.1) is 46.1 Å². The molecule has 200 valence electrons. The average molecular weight is 517 g/mol. The molecule has 37 heavy (non-hydrogen) atoms. The third kappa shape index (κ3) is 9.47. The van der Waals surface area contributed by atoms with Gasteiger partial charge in [0.2, 0.25) is 5.91 Å². The Morgan fingerprint density at radius 3 is 1.97 bits per heavy atom. The van der Waals surface area contributed by atoms with Crippen LogP contribution in [0.1, 0.15) is 23.5 Å². The summed E-state index contributed by atoms with van der Waals surface area (Å²) in [7, 11) is 0. The van der Waals surface area contributed by atoms with Gasteiger partial charge in [0.25, 0.3) is 0 Å². The summed E-state index contributed by atoms with van der Waals surface area (Å²) in [5.74, 6) is -1.39. The van der Waals surface area contributed by atoms with E-state index >= 15 is 0 Å². The van der Waals surface area contributed by atoms with E-state index in [2.05, 4.69) is 22.9 Å². The number of ether oxygens (including phenoxy) is 4. The standard InChI is InChI=1S/C26H32N2O9/c29-24(27-10-12-34-14-16-35-15-13-33-11-9-25(30)31)18-37-28-26(32)36-17-23-21-7-3-1-5-19(21)20-6-2-4-8-22(20)23/h1-8,23H,9-18H2,(H,27,29)(H,28,32)(H,30,31). The van der Waals surface area contributed by atoms with E-state index in [0.717, 1.165) is 22.3 Å². The van der Waals surface area contributed by atoms with Crippen molar-refractivity contribution in [1.29, 1.82) is 0 Å². The molecule has 0 bridgehead atoms. The molecule has 2 aromatic carbocycles. The quantitative estimate of drug-likeness (QED) is 0.213. The molecule has 3 N–H and O–H groups in total. The first-order chi connectivity index (χ1) is 18.1. The first-order valence-electron chi connectivity index (χ1n) is 12.0. The number of carbonyl (C=O) groups is 3. The van der Waals surface area contributed by atoms with Gasteiger partial charge in [-0.25, -0.2) is 4.79 Å². The molecule has 0 heterocycles. The number of hydrogen-bond donors (Lipinski definition) is 3. The normalized spacial score (nSPS) is 12.0. The van der Waals surface area contributed by atoms with Gasteiger partial charge in [-0.05, 0) is 22.3 Å². The fourth-order valence-electron chi connectivity index (χ4n) is 3.80. The van der Waals surface area contributed by atoms with E-state index in [1.807, 2.05) is 36.4 Å². The van der Waals surface area contributed by atoms with Gasteiger partial charge in [0, 0.05) is 12.5 Å². The monoisotopic (exact) mass is 516 g/mol. The van der Waals surface area contributed by atoms with Crippen molar-refractivity contribution < 1.29 is 43.3 Å². The Balaban J connectivity index is 1.19. The number of rotatable bonds is 17. The summed E-state index contributed by atoms with van der Waals surface area (Å²) < 4.78 is 21.0. The fourth-order valence-corrected chi connectivity index (χ4v) is 3.80. The Hall–Kier alpha value is -3.51. The van der Waals surface area contributed by atoms with Crippen LogP contribution in [0.5, 0.6) is 0 Å². The van der Waals surface area contributed by atoms with Crippen LogP contribution in [0.25, 0.3) is 11.1 Å². The average Bonchev–Trinajstić information content (AvgIpc) is 3.21. The maximum Gasteiger partial charge on any atom is 0.431 e. The van der Waals surface area contributed by atoms with Crippen molar-refractivity contribution in [2.75, 3.05) is 59.4 Å². The third-order valence-electron chi connectivity index (χ3n) is 5.48. The molecule has 2 aromatic rings. The highest BCUT2D eigenvalue weighted by molar-refractivity contribution is 5.79. The van der Waals surface area contributed by atoms with Crippen molar-refractivity contribution >= 4 is 18.0 Å². The number of carboxylic acids is 1. The highest BCUT2D eigenvalue weighted by Gasteiger charge is 2.29. The SMILES string of the molecule is O=C(O)CCOCCOCCOCCNC(=O)CONC(=O)OCC1c2ccccc2-c2ccccc21. The van der Waals surface area contributed by atoms with Crippen LogP contribution >= 0.6 is 0 Å². The zero-order valence-corrected chi connectivity index (χ0v) is 20.5. The van der Waals surface area contributed by atoms with E-state index in [1.165, 1.54) is 0 Å². The number of fused-ring (bicyclic) bond motifs is 3. The molecule has 0 fully saturated rings. The molecule has 3 rings (SSSR count). The second-order valence-corrected chi connectivity index (χ2v) is 8.05. The molecule has 2 amide bonds. The van der Waals surface area contributed by atoms with Gasteiger partial charge in [-0.3, -0.25) is 14.4 Å². The smallest absolute Gasteiger partial charge is 0.431 e. The van der Waals surface area contributed by atoms with Crippen LogP contribution in [0.4, 0.5) is 4.79 Å². The van der Waals surface area contributed by atoms with Crippen molar-refractivity contribution in [1.82, 2.24) is 10.8 Å². The Morgan fingerprint density at radius 1 is 0.784 bits per heavy atom. The van der Waals surface area contributed by atoms with Crippen molar-refractivity contribution in [3.63, 3.8) is 0 Å². The van der Waals surface area contributed by atoms with Crippen molar-refractivity contribution in [3.8, 4) is 11.1 Å². The molecule has 11 heteroatoms. The molecular formula is C26H32N2O9. The second-order valence-electron chi connectivity index (χ2n) is 8.05. The maximum absolute atomic E-state index is 12.0. The van der Waals surface area contributed by atoms with E-state index in [9.17, 15) is 14.4 Å². The zero-order chi connectivity index (χ0) is 26.3. The van der Waals surface area contributed by atoms with Crippen LogP contribution in [0.15, 0.2) is 48.5 Å². The summed E-state index contributed by atoms with van der Waals surface area (Å²) >= 11 is 0. The fraction of sp³-hybridized carbons (Fsp3) is 0.423. The minimum atomic E-state index is -0.903. The number of benzene rings is 2. The van der Waals surface area contributed by atoms with Gasteiger partial charge < -0.3 is 29.4 Å². The highest BCUT2D eigenvalue weighted by Crippen LogP contribution is 2.44. The van der Waals surface area contributed by atoms with Crippen LogP contribution < -0.4 is 10.8 Å². The number of hydroxylamine groups is 1. The van der Waals surface area contributed by atoms with Gasteiger partial charge in [0.15, 0.2) is 6.61 Å². The number of amides is 2. The van der Waals surface area contributed by atoms with Crippen LogP contribution in [-0.4, -0.2) is 82.5 Å². The number of aliphatic carboxylic acids is 1. The molecule has 1 aliphatic carbocycles. The minimum absolute atomic E-state index is 0.0364. The third-order valence-corrected chi connectivity index (χ3v) is 5.48. The lowest BCUT2D eigenvalue weighted by Crippen LogP contribution is -2.35. The number of carbonyl (C=O) groups excluding carboxylic acids is 2. The van der Waals surface area contributed by atoms with E-state index in [1.54, 1.807) is 0 Å². The van der Waals surface area contributed by atoms with Crippen molar-refractivity contribution in [2.24, 2.45) is 0 Å². The van der Waals surface area contributed by atoms with E-state index in [0.29, 0.717) is 26.4 Å². The molecule has 0 radical (unpaired) electrons. The van der Waals surface area contributed by atoms with E-state index in [-0.39, 0.29) is 45.3 Å².